The van der Waals surface area contributed by atoms with Gasteiger partial charge in [-0.2, -0.15) is 18.4 Å². The van der Waals surface area contributed by atoms with Crippen molar-refractivity contribution >= 4 is 40.6 Å². The first-order valence-electron chi connectivity index (χ1n) is 10.6. The molecule has 1 saturated heterocycles. The summed E-state index contributed by atoms with van der Waals surface area (Å²) in [5, 5.41) is 18.2. The number of carboxylic acid groups (broad SMARTS) is 1. The summed E-state index contributed by atoms with van der Waals surface area (Å²) in [6.07, 6.45) is -2.79. The van der Waals surface area contributed by atoms with Crippen LogP contribution in [0.4, 0.5) is 24.5 Å². The van der Waals surface area contributed by atoms with Crippen molar-refractivity contribution in [2.75, 3.05) is 9.80 Å². The fraction of sp³-hybridized carbons (Fsp3) is 0.333. The van der Waals surface area contributed by atoms with E-state index >= 15 is 0 Å². The van der Waals surface area contributed by atoms with Crippen molar-refractivity contribution < 1.29 is 27.9 Å². The molecule has 1 N–H and O–H groups in total. The Labute approximate surface area is 199 Å². The van der Waals surface area contributed by atoms with Gasteiger partial charge >= 0.3 is 12.1 Å². The van der Waals surface area contributed by atoms with Gasteiger partial charge in [0.2, 0.25) is 0 Å². The molecule has 0 atom stereocenters. The maximum absolute atomic E-state index is 13.6. The number of aliphatic carboxylic acids is 1. The number of rotatable bonds is 5. The van der Waals surface area contributed by atoms with Crippen LogP contribution in [0.25, 0.3) is 0 Å². The van der Waals surface area contributed by atoms with Crippen LogP contribution in [0.15, 0.2) is 36.4 Å². The zero-order valence-electron chi connectivity index (χ0n) is 18.1. The Kier molecular flexibility index (Phi) is 5.85. The Morgan fingerprint density at radius 2 is 1.88 bits per heavy atom. The fourth-order valence-electron chi connectivity index (χ4n) is 4.52. The molecule has 2 aromatic rings. The Bertz CT molecular complexity index is 1250. The summed E-state index contributed by atoms with van der Waals surface area (Å²) in [5.41, 5.74) is -0.433. The fourth-order valence-corrected chi connectivity index (χ4v) is 4.99. The Morgan fingerprint density at radius 3 is 2.44 bits per heavy atom. The number of carbonyl (C=O) groups is 2. The topological polar surface area (TPSA) is 84.6 Å². The van der Waals surface area contributed by atoms with Gasteiger partial charge in [-0.3, -0.25) is 14.5 Å². The van der Waals surface area contributed by atoms with Crippen LogP contribution in [0.3, 0.4) is 0 Å². The van der Waals surface area contributed by atoms with Crippen molar-refractivity contribution in [1.82, 2.24) is 0 Å². The third kappa shape index (κ3) is 3.80. The van der Waals surface area contributed by atoms with Gasteiger partial charge in [0, 0.05) is 12.1 Å². The van der Waals surface area contributed by atoms with Crippen LogP contribution in [0.2, 0.25) is 0 Å². The first kappa shape index (κ1) is 23.7. The van der Waals surface area contributed by atoms with Crippen LogP contribution in [0.5, 0.6) is 0 Å². The number of nitriles is 1. The van der Waals surface area contributed by atoms with Gasteiger partial charge in [-0.05, 0) is 86.3 Å². The van der Waals surface area contributed by atoms with Gasteiger partial charge < -0.3 is 10.0 Å². The van der Waals surface area contributed by atoms with Crippen molar-refractivity contribution in [2.45, 2.75) is 50.7 Å². The number of carboxylic acids is 1. The number of nitrogens with zero attached hydrogens (tertiary/aromatic N) is 3. The third-order valence-electron chi connectivity index (χ3n) is 6.48. The number of amides is 1. The highest BCUT2D eigenvalue weighted by Crippen LogP contribution is 2.48. The largest absolute Gasteiger partial charge is 0.481 e. The Hall–Kier alpha value is -3.45. The monoisotopic (exact) mass is 487 g/mol. The summed E-state index contributed by atoms with van der Waals surface area (Å²) in [4.78, 5) is 27.4. The zero-order valence-corrected chi connectivity index (χ0v) is 19.0. The molecule has 1 aliphatic heterocycles. The lowest BCUT2D eigenvalue weighted by Gasteiger charge is -2.43. The van der Waals surface area contributed by atoms with Gasteiger partial charge in [0.05, 0.1) is 22.9 Å². The zero-order chi connectivity index (χ0) is 24.8. The molecule has 0 aromatic heterocycles. The molecule has 0 bridgehead atoms. The minimum absolute atomic E-state index is 0.0479. The number of hydrogen-bond acceptors (Lipinski definition) is 4. The van der Waals surface area contributed by atoms with Crippen molar-refractivity contribution in [3.63, 3.8) is 0 Å². The van der Waals surface area contributed by atoms with Gasteiger partial charge in [-0.15, -0.1) is 0 Å². The molecule has 4 rings (SSSR count). The average Bonchev–Trinajstić information content (AvgIpc) is 2.99. The minimum Gasteiger partial charge on any atom is -0.481 e. The molecule has 0 unspecified atom stereocenters. The smallest absolute Gasteiger partial charge is 0.417 e. The van der Waals surface area contributed by atoms with Crippen LogP contribution in [-0.4, -0.2) is 27.6 Å². The van der Waals surface area contributed by atoms with E-state index in [1.54, 1.807) is 17.0 Å². The number of alkyl halides is 3. The molecule has 0 radical (unpaired) electrons. The molecular formula is C24H20F3N3O3S. The average molecular weight is 488 g/mol. The Morgan fingerprint density at radius 1 is 1.21 bits per heavy atom. The summed E-state index contributed by atoms with van der Waals surface area (Å²) in [5.74, 6) is -1.34. The highest BCUT2D eigenvalue weighted by atomic mass is 32.1. The number of hydrogen-bond donors (Lipinski definition) is 1. The lowest BCUT2D eigenvalue weighted by Crippen LogP contribution is -2.55. The molecule has 1 aliphatic carbocycles. The van der Waals surface area contributed by atoms with Crippen molar-refractivity contribution in [3.8, 4) is 6.07 Å². The summed E-state index contributed by atoms with van der Waals surface area (Å²) in [6.45, 7) is 1.86. The molecule has 1 heterocycles. The predicted molar refractivity (Wildman–Crippen MR) is 122 cm³/mol. The van der Waals surface area contributed by atoms with Crippen molar-refractivity contribution in [2.24, 2.45) is 0 Å². The van der Waals surface area contributed by atoms with E-state index in [2.05, 4.69) is 0 Å². The van der Waals surface area contributed by atoms with Crippen LogP contribution in [-0.2, 0) is 22.2 Å². The number of anilines is 2. The van der Waals surface area contributed by atoms with E-state index in [1.807, 2.05) is 13.0 Å². The SMILES string of the molecule is Cc1ccc(N2C(=S)N(c3ccc(C#N)c(C(F)(F)F)c3)C(=O)C23CCC3)cc1CCC(=O)O. The summed E-state index contributed by atoms with van der Waals surface area (Å²) in [7, 11) is 0. The molecule has 2 aliphatic rings. The number of thiocarbonyl (C=S) groups is 1. The van der Waals surface area contributed by atoms with E-state index in [-0.39, 0.29) is 17.2 Å². The quantitative estimate of drug-likeness (QED) is 0.600. The second-order valence-electron chi connectivity index (χ2n) is 8.49. The molecule has 10 heteroatoms. The van der Waals surface area contributed by atoms with Gasteiger partial charge in [-0.1, -0.05) is 6.07 Å². The first-order chi connectivity index (χ1) is 16.0. The van der Waals surface area contributed by atoms with E-state index < -0.39 is 34.7 Å². The van der Waals surface area contributed by atoms with Crippen molar-refractivity contribution in [3.05, 3.63) is 58.7 Å². The van der Waals surface area contributed by atoms with Crippen LogP contribution < -0.4 is 9.80 Å². The summed E-state index contributed by atoms with van der Waals surface area (Å²) in [6, 6.07) is 10.0. The molecule has 1 spiro atoms. The van der Waals surface area contributed by atoms with E-state index in [0.717, 1.165) is 34.6 Å². The number of carbonyl (C=O) groups excluding carboxylic acids is 1. The van der Waals surface area contributed by atoms with Crippen LogP contribution in [0.1, 0.15) is 47.9 Å². The maximum atomic E-state index is 13.6. The predicted octanol–water partition coefficient (Wildman–Crippen LogP) is 4.96. The van der Waals surface area contributed by atoms with E-state index in [1.165, 1.54) is 12.1 Å². The summed E-state index contributed by atoms with van der Waals surface area (Å²) < 4.78 is 40.6. The van der Waals surface area contributed by atoms with Crippen molar-refractivity contribution in [1.29, 1.82) is 5.26 Å². The molecule has 2 fully saturated rings. The second kappa shape index (κ2) is 8.40. The molecule has 2 aromatic carbocycles. The van der Waals surface area contributed by atoms with Gasteiger partial charge in [-0.25, -0.2) is 0 Å². The van der Waals surface area contributed by atoms with Crippen LogP contribution >= 0.6 is 12.2 Å². The molecule has 6 nitrogen and oxygen atoms in total. The van der Waals surface area contributed by atoms with E-state index in [9.17, 15) is 22.8 Å². The lowest BCUT2D eigenvalue weighted by molar-refractivity contribution is -0.138. The molecule has 176 valence electrons. The minimum atomic E-state index is -4.77. The normalized spacial score (nSPS) is 17.1. The molecule has 1 amide bonds. The highest BCUT2D eigenvalue weighted by molar-refractivity contribution is 7.81. The Balaban J connectivity index is 1.78. The molecule has 34 heavy (non-hydrogen) atoms. The molecule has 1 saturated carbocycles. The third-order valence-corrected chi connectivity index (χ3v) is 6.84. The van der Waals surface area contributed by atoms with Crippen LogP contribution in [0, 0.1) is 18.3 Å². The maximum Gasteiger partial charge on any atom is 0.417 e. The van der Waals surface area contributed by atoms with Gasteiger partial charge in [0.15, 0.2) is 5.11 Å². The summed E-state index contributed by atoms with van der Waals surface area (Å²) >= 11 is 5.62. The first-order valence-corrected chi connectivity index (χ1v) is 11.0. The standard InChI is InChI=1S/C24H20F3N3O3S/c1-14-3-6-18(11-15(14)5-8-20(31)32)30-22(34)29(21(33)23(30)9-2-10-23)17-7-4-16(13-28)19(12-17)24(25,26)27/h3-4,6-7,11-12H,2,5,8-10H2,1H3,(H,31,32). The number of benzene rings is 2. The van der Waals surface area contributed by atoms with Gasteiger partial charge in [0.25, 0.3) is 5.91 Å². The number of halogens is 3. The van der Waals surface area contributed by atoms with Gasteiger partial charge in [0.1, 0.15) is 5.54 Å². The van der Waals surface area contributed by atoms with E-state index in [0.29, 0.717) is 24.9 Å². The lowest BCUT2D eigenvalue weighted by atomic mass is 9.75. The number of aryl methyl sites for hydroxylation is 2. The molecular weight excluding hydrogens is 467 g/mol. The van der Waals surface area contributed by atoms with E-state index in [4.69, 9.17) is 22.6 Å². The highest BCUT2D eigenvalue weighted by Gasteiger charge is 2.59. The second-order valence-corrected chi connectivity index (χ2v) is 8.85.